The molecule has 2 aliphatic rings. The number of halogens is 3. The number of carbonyl (C=O) groups is 2. The van der Waals surface area contributed by atoms with E-state index in [4.69, 9.17) is 28.9 Å². The predicted molar refractivity (Wildman–Crippen MR) is 102 cm³/mol. The van der Waals surface area contributed by atoms with Crippen LogP contribution in [0.25, 0.3) is 0 Å². The van der Waals surface area contributed by atoms with Gasteiger partial charge in [-0.1, -0.05) is 23.2 Å². The van der Waals surface area contributed by atoms with Crippen LogP contribution in [0, 0.1) is 0 Å². The molecule has 0 spiro atoms. The first-order valence-corrected chi connectivity index (χ1v) is 9.03. The van der Waals surface area contributed by atoms with Crippen LogP contribution in [0.4, 0.5) is 0 Å². The molecule has 1 aromatic rings. The van der Waals surface area contributed by atoms with E-state index in [0.717, 1.165) is 19.3 Å². The molecule has 2 amide bonds. The Labute approximate surface area is 163 Å². The van der Waals surface area contributed by atoms with Crippen molar-refractivity contribution in [3.63, 3.8) is 0 Å². The second-order valence-corrected chi connectivity index (χ2v) is 7.37. The van der Waals surface area contributed by atoms with Gasteiger partial charge in [0.05, 0.1) is 0 Å². The van der Waals surface area contributed by atoms with E-state index in [-0.39, 0.29) is 30.3 Å². The topological polar surface area (TPSA) is 66.6 Å². The zero-order valence-electron chi connectivity index (χ0n) is 13.8. The Morgan fingerprint density at radius 1 is 1.04 bits per heavy atom. The lowest BCUT2D eigenvalue weighted by Crippen LogP contribution is -2.53. The van der Waals surface area contributed by atoms with Gasteiger partial charge in [-0.2, -0.15) is 0 Å². The Kier molecular flexibility index (Phi) is 6.97. The summed E-state index contributed by atoms with van der Waals surface area (Å²) in [5.41, 5.74) is 6.40. The molecule has 5 nitrogen and oxygen atoms in total. The predicted octanol–water partition coefficient (Wildman–Crippen LogP) is 2.97. The minimum absolute atomic E-state index is 0. The number of carbonyl (C=O) groups excluding carboxylic acids is 2. The standard InChI is InChI=1S/C17H21Cl2N3O2.ClH/c18-12-7-11(8-13(19)9-12)16(23)22-6-2-4-15(22)17(24)21-5-1-3-14(20)10-21;/h7-9,14-15H,1-6,10,20H2;1H. The number of hydrogen-bond donors (Lipinski definition) is 1. The Hall–Kier alpha value is -1.01. The number of piperidine rings is 1. The van der Waals surface area contributed by atoms with Gasteiger partial charge in [-0.3, -0.25) is 9.59 Å². The van der Waals surface area contributed by atoms with Crippen LogP contribution in [0.3, 0.4) is 0 Å². The molecule has 2 saturated heterocycles. The van der Waals surface area contributed by atoms with Gasteiger partial charge in [0, 0.05) is 41.3 Å². The van der Waals surface area contributed by atoms with Gasteiger partial charge in [0.15, 0.2) is 0 Å². The average Bonchev–Trinajstić information content (AvgIpc) is 3.02. The summed E-state index contributed by atoms with van der Waals surface area (Å²) in [6, 6.07) is 4.38. The largest absolute Gasteiger partial charge is 0.339 e. The highest BCUT2D eigenvalue weighted by molar-refractivity contribution is 6.35. The molecular formula is C17H22Cl3N3O2. The molecule has 2 N–H and O–H groups in total. The van der Waals surface area contributed by atoms with Crippen LogP contribution >= 0.6 is 35.6 Å². The van der Waals surface area contributed by atoms with Gasteiger partial charge < -0.3 is 15.5 Å². The molecule has 2 aliphatic heterocycles. The lowest BCUT2D eigenvalue weighted by atomic mass is 10.0. The lowest BCUT2D eigenvalue weighted by Gasteiger charge is -2.35. The van der Waals surface area contributed by atoms with Gasteiger partial charge in [-0.25, -0.2) is 0 Å². The average molecular weight is 407 g/mol. The van der Waals surface area contributed by atoms with E-state index in [2.05, 4.69) is 0 Å². The van der Waals surface area contributed by atoms with E-state index >= 15 is 0 Å². The van der Waals surface area contributed by atoms with Gasteiger partial charge in [-0.15, -0.1) is 12.4 Å². The maximum absolute atomic E-state index is 12.9. The highest BCUT2D eigenvalue weighted by Gasteiger charge is 2.37. The first kappa shape index (κ1) is 20.3. The Morgan fingerprint density at radius 2 is 1.68 bits per heavy atom. The van der Waals surface area contributed by atoms with E-state index in [1.165, 1.54) is 0 Å². The molecule has 138 valence electrons. The van der Waals surface area contributed by atoms with Crippen molar-refractivity contribution in [3.8, 4) is 0 Å². The molecule has 0 bridgehead atoms. The Bertz CT molecular complexity index is 636. The monoisotopic (exact) mass is 405 g/mol. The molecule has 2 fully saturated rings. The Balaban J connectivity index is 0.00000225. The number of nitrogens with zero attached hydrogens (tertiary/aromatic N) is 2. The van der Waals surface area contributed by atoms with Crippen LogP contribution in [0.5, 0.6) is 0 Å². The van der Waals surface area contributed by atoms with Crippen molar-refractivity contribution in [2.45, 2.75) is 37.8 Å². The number of benzene rings is 1. The summed E-state index contributed by atoms with van der Waals surface area (Å²) >= 11 is 12.0. The van der Waals surface area contributed by atoms with Gasteiger partial charge in [0.1, 0.15) is 6.04 Å². The molecule has 2 unspecified atom stereocenters. The molecule has 0 aliphatic carbocycles. The Morgan fingerprint density at radius 3 is 2.32 bits per heavy atom. The quantitative estimate of drug-likeness (QED) is 0.821. The third-order valence-electron chi connectivity index (χ3n) is 4.68. The summed E-state index contributed by atoms with van der Waals surface area (Å²) in [5, 5.41) is 0.824. The van der Waals surface area contributed by atoms with Gasteiger partial charge in [0.25, 0.3) is 5.91 Å². The number of rotatable bonds is 2. The van der Waals surface area contributed by atoms with Crippen molar-refractivity contribution in [1.29, 1.82) is 0 Å². The van der Waals surface area contributed by atoms with Crippen LogP contribution in [0.2, 0.25) is 10.0 Å². The smallest absolute Gasteiger partial charge is 0.254 e. The lowest BCUT2D eigenvalue weighted by molar-refractivity contribution is -0.136. The molecule has 0 radical (unpaired) electrons. The van der Waals surface area contributed by atoms with Crippen LogP contribution < -0.4 is 5.73 Å². The third-order valence-corrected chi connectivity index (χ3v) is 5.11. The molecule has 0 saturated carbocycles. The van der Waals surface area contributed by atoms with Crippen LogP contribution in [0.15, 0.2) is 18.2 Å². The fraction of sp³-hybridized carbons (Fsp3) is 0.529. The van der Waals surface area contributed by atoms with Crippen molar-refractivity contribution < 1.29 is 9.59 Å². The molecule has 1 aromatic carbocycles. The fourth-order valence-electron chi connectivity index (χ4n) is 3.53. The van der Waals surface area contributed by atoms with Crippen molar-refractivity contribution in [2.24, 2.45) is 5.73 Å². The SMILES string of the molecule is Cl.NC1CCCN(C(=O)C2CCCN2C(=O)c2cc(Cl)cc(Cl)c2)C1. The number of nitrogens with two attached hydrogens (primary N) is 1. The molecular weight excluding hydrogens is 385 g/mol. The van der Waals surface area contributed by atoms with E-state index in [9.17, 15) is 9.59 Å². The van der Waals surface area contributed by atoms with Crippen molar-refractivity contribution in [3.05, 3.63) is 33.8 Å². The third kappa shape index (κ3) is 4.59. The summed E-state index contributed by atoms with van der Waals surface area (Å²) in [5.74, 6) is -0.194. The second kappa shape index (κ2) is 8.58. The minimum atomic E-state index is -0.416. The van der Waals surface area contributed by atoms with E-state index in [1.54, 1.807) is 28.0 Å². The minimum Gasteiger partial charge on any atom is -0.339 e. The fourth-order valence-corrected chi connectivity index (χ4v) is 4.06. The van der Waals surface area contributed by atoms with E-state index in [1.807, 2.05) is 0 Å². The highest BCUT2D eigenvalue weighted by Crippen LogP contribution is 2.26. The van der Waals surface area contributed by atoms with Gasteiger partial charge >= 0.3 is 0 Å². The zero-order valence-corrected chi connectivity index (χ0v) is 16.1. The summed E-state index contributed by atoms with van der Waals surface area (Å²) in [6.07, 6.45) is 3.36. The van der Waals surface area contributed by atoms with Crippen molar-refractivity contribution in [2.75, 3.05) is 19.6 Å². The molecule has 25 heavy (non-hydrogen) atoms. The number of amides is 2. The molecule has 2 atom stereocenters. The van der Waals surface area contributed by atoms with Gasteiger partial charge in [0.2, 0.25) is 5.91 Å². The molecule has 3 rings (SSSR count). The first-order valence-electron chi connectivity index (χ1n) is 8.27. The summed E-state index contributed by atoms with van der Waals surface area (Å²) in [4.78, 5) is 29.1. The van der Waals surface area contributed by atoms with Crippen LogP contribution in [0.1, 0.15) is 36.0 Å². The molecule has 0 aromatic heterocycles. The summed E-state index contributed by atoms with van der Waals surface area (Å²) in [7, 11) is 0. The zero-order chi connectivity index (χ0) is 17.3. The van der Waals surface area contributed by atoms with Crippen molar-refractivity contribution in [1.82, 2.24) is 9.80 Å². The highest BCUT2D eigenvalue weighted by atomic mass is 35.5. The van der Waals surface area contributed by atoms with Crippen LogP contribution in [-0.2, 0) is 4.79 Å². The van der Waals surface area contributed by atoms with E-state index < -0.39 is 6.04 Å². The molecule has 8 heteroatoms. The summed E-state index contributed by atoms with van der Waals surface area (Å²) < 4.78 is 0. The maximum Gasteiger partial charge on any atom is 0.254 e. The summed E-state index contributed by atoms with van der Waals surface area (Å²) in [6.45, 7) is 1.85. The number of likely N-dealkylation sites (tertiary alicyclic amines) is 2. The van der Waals surface area contributed by atoms with Gasteiger partial charge in [-0.05, 0) is 43.9 Å². The first-order chi connectivity index (χ1) is 11.5. The second-order valence-electron chi connectivity index (χ2n) is 6.50. The molecule has 2 heterocycles. The van der Waals surface area contributed by atoms with E-state index in [0.29, 0.717) is 41.7 Å². The van der Waals surface area contributed by atoms with Crippen LogP contribution in [-0.4, -0.2) is 53.3 Å². The normalized spacial score (nSPS) is 23.3. The number of hydrogen-bond acceptors (Lipinski definition) is 3. The maximum atomic E-state index is 12.9. The van der Waals surface area contributed by atoms with Crippen molar-refractivity contribution >= 4 is 47.4 Å².